The van der Waals surface area contributed by atoms with Crippen LogP contribution < -0.4 is 15.5 Å². The van der Waals surface area contributed by atoms with Crippen LogP contribution >= 0.6 is 0 Å². The summed E-state index contributed by atoms with van der Waals surface area (Å²) in [6, 6.07) is 15.2. The second kappa shape index (κ2) is 9.40. The number of amides is 1. The highest BCUT2D eigenvalue weighted by Crippen LogP contribution is 2.25. The Morgan fingerprint density at radius 2 is 1.71 bits per heavy atom. The van der Waals surface area contributed by atoms with E-state index in [-0.39, 0.29) is 5.91 Å². The first kappa shape index (κ1) is 21.7. The van der Waals surface area contributed by atoms with E-state index in [0.29, 0.717) is 11.4 Å². The van der Waals surface area contributed by atoms with Gasteiger partial charge in [-0.1, -0.05) is 6.07 Å². The van der Waals surface area contributed by atoms with Crippen LogP contribution in [0.5, 0.6) is 0 Å². The summed E-state index contributed by atoms with van der Waals surface area (Å²) in [4.78, 5) is 26.3. The lowest BCUT2D eigenvalue weighted by atomic mass is 10.1. The minimum absolute atomic E-state index is 0.241. The zero-order chi connectivity index (χ0) is 23.5. The lowest BCUT2D eigenvalue weighted by molar-refractivity contribution is 0.102. The summed E-state index contributed by atoms with van der Waals surface area (Å²) < 4.78 is 0. The molecule has 9 heteroatoms. The molecule has 5 rings (SSSR count). The third kappa shape index (κ3) is 4.65. The van der Waals surface area contributed by atoms with E-state index in [0.717, 1.165) is 59.8 Å². The van der Waals surface area contributed by atoms with Crippen molar-refractivity contribution < 1.29 is 4.79 Å². The van der Waals surface area contributed by atoms with E-state index in [1.807, 2.05) is 55.7 Å². The van der Waals surface area contributed by atoms with E-state index < -0.39 is 0 Å². The van der Waals surface area contributed by atoms with Gasteiger partial charge in [0.05, 0.1) is 5.52 Å². The van der Waals surface area contributed by atoms with Crippen molar-refractivity contribution in [3.8, 4) is 11.1 Å². The maximum Gasteiger partial charge on any atom is 0.257 e. The van der Waals surface area contributed by atoms with Crippen molar-refractivity contribution in [1.29, 1.82) is 0 Å². The normalized spacial score (nSPS) is 14.2. The van der Waals surface area contributed by atoms with Crippen molar-refractivity contribution >= 4 is 34.3 Å². The van der Waals surface area contributed by atoms with Crippen LogP contribution in [-0.4, -0.2) is 71.2 Å². The van der Waals surface area contributed by atoms with Crippen molar-refractivity contribution in [2.24, 2.45) is 0 Å². The number of hydrogen-bond donors (Lipinski definition) is 2. The van der Waals surface area contributed by atoms with Gasteiger partial charge >= 0.3 is 0 Å². The summed E-state index contributed by atoms with van der Waals surface area (Å²) in [6.45, 7) is 3.73. The molecule has 0 unspecified atom stereocenters. The summed E-state index contributed by atoms with van der Waals surface area (Å²) >= 11 is 0. The number of nitrogens with zero attached hydrogens (tertiary/aromatic N) is 6. The number of anilines is 3. The average Bonchev–Trinajstić information content (AvgIpc) is 2.89. The molecule has 0 aliphatic carbocycles. The van der Waals surface area contributed by atoms with E-state index in [4.69, 9.17) is 0 Å². The number of fused-ring (bicyclic) bond motifs is 1. The molecule has 34 heavy (non-hydrogen) atoms. The molecule has 0 spiro atoms. The number of rotatable bonds is 5. The standard InChI is InChI=1S/C25H26N8O/c1-26-22-6-4-19(16-28-22)17-3-5-21-20(13-17)14-23(31-30-21)29-25(34)18-7-8-27-24(15-18)33-11-9-32(2)10-12-33/h3-8,13-16H,9-12H2,1-2H3,(H,26,28)(H,29,31,34). The van der Waals surface area contributed by atoms with E-state index in [2.05, 4.69) is 47.6 Å². The molecule has 0 atom stereocenters. The molecule has 172 valence electrons. The first-order chi connectivity index (χ1) is 16.6. The van der Waals surface area contributed by atoms with Crippen LogP contribution in [-0.2, 0) is 0 Å². The van der Waals surface area contributed by atoms with Crippen molar-refractivity contribution in [3.05, 3.63) is 66.5 Å². The molecule has 1 aromatic carbocycles. The second-order valence-corrected chi connectivity index (χ2v) is 8.33. The van der Waals surface area contributed by atoms with Gasteiger partial charge < -0.3 is 20.4 Å². The van der Waals surface area contributed by atoms with Crippen molar-refractivity contribution in [2.45, 2.75) is 0 Å². The number of piperazine rings is 1. The Labute approximate surface area is 197 Å². The fourth-order valence-electron chi connectivity index (χ4n) is 3.95. The number of hydrogen-bond acceptors (Lipinski definition) is 8. The Balaban J connectivity index is 1.35. The molecular formula is C25H26N8O. The summed E-state index contributed by atoms with van der Waals surface area (Å²) in [7, 11) is 3.95. The number of carbonyl (C=O) groups excluding carboxylic acids is 1. The van der Waals surface area contributed by atoms with Gasteiger partial charge in [-0.05, 0) is 55.1 Å². The fraction of sp³-hybridized carbons (Fsp3) is 0.240. The Bertz CT molecular complexity index is 1320. The predicted octanol–water partition coefficient (Wildman–Crippen LogP) is 3.13. The van der Waals surface area contributed by atoms with Crippen LogP contribution in [0.2, 0.25) is 0 Å². The largest absolute Gasteiger partial charge is 0.373 e. The third-order valence-electron chi connectivity index (χ3n) is 6.01. The van der Waals surface area contributed by atoms with Crippen LogP contribution in [0.15, 0.2) is 60.9 Å². The summed E-state index contributed by atoms with van der Waals surface area (Å²) in [6.07, 6.45) is 3.50. The molecule has 1 aliphatic heterocycles. The molecule has 9 nitrogen and oxygen atoms in total. The number of nitrogens with one attached hydrogen (secondary N) is 2. The number of benzene rings is 1. The minimum Gasteiger partial charge on any atom is -0.373 e. The third-order valence-corrected chi connectivity index (χ3v) is 6.01. The summed E-state index contributed by atoms with van der Waals surface area (Å²) in [5.74, 6) is 1.78. The quantitative estimate of drug-likeness (QED) is 0.475. The topological polar surface area (TPSA) is 99.2 Å². The van der Waals surface area contributed by atoms with Gasteiger partial charge in [0.1, 0.15) is 11.6 Å². The summed E-state index contributed by atoms with van der Waals surface area (Å²) in [5, 5.41) is 15.2. The molecular weight excluding hydrogens is 428 g/mol. The van der Waals surface area contributed by atoms with Crippen LogP contribution in [0.25, 0.3) is 22.0 Å². The van der Waals surface area contributed by atoms with Gasteiger partial charge in [-0.15, -0.1) is 10.2 Å². The van der Waals surface area contributed by atoms with Crippen LogP contribution in [0.3, 0.4) is 0 Å². The average molecular weight is 455 g/mol. The Kier molecular flexibility index (Phi) is 6.01. The number of pyridine rings is 2. The van der Waals surface area contributed by atoms with Gasteiger partial charge in [-0.2, -0.15) is 0 Å². The predicted molar refractivity (Wildman–Crippen MR) is 134 cm³/mol. The minimum atomic E-state index is -0.241. The van der Waals surface area contributed by atoms with Gasteiger partial charge in [0, 0.05) is 62.1 Å². The molecule has 4 heterocycles. The second-order valence-electron chi connectivity index (χ2n) is 8.33. The maximum absolute atomic E-state index is 12.9. The van der Waals surface area contributed by atoms with Crippen LogP contribution in [0.1, 0.15) is 10.4 Å². The zero-order valence-electron chi connectivity index (χ0n) is 19.2. The van der Waals surface area contributed by atoms with Gasteiger partial charge in [-0.25, -0.2) is 9.97 Å². The highest BCUT2D eigenvalue weighted by Gasteiger charge is 2.17. The smallest absolute Gasteiger partial charge is 0.257 e. The molecule has 4 aromatic rings. The SMILES string of the molecule is CNc1ccc(-c2ccc3nnc(NC(=O)c4ccnc(N5CCN(C)CC5)c4)cc3c2)cn1. The monoisotopic (exact) mass is 454 g/mol. The fourth-order valence-corrected chi connectivity index (χ4v) is 3.95. The lowest BCUT2D eigenvalue weighted by Crippen LogP contribution is -2.44. The van der Waals surface area contributed by atoms with Crippen LogP contribution in [0.4, 0.5) is 17.5 Å². The van der Waals surface area contributed by atoms with Crippen molar-refractivity contribution in [3.63, 3.8) is 0 Å². The first-order valence-electron chi connectivity index (χ1n) is 11.2. The van der Waals surface area contributed by atoms with E-state index >= 15 is 0 Å². The molecule has 2 N–H and O–H groups in total. The zero-order valence-corrected chi connectivity index (χ0v) is 19.2. The molecule has 0 radical (unpaired) electrons. The molecule has 1 fully saturated rings. The molecule has 1 aliphatic rings. The highest BCUT2D eigenvalue weighted by molar-refractivity contribution is 6.04. The molecule has 1 saturated heterocycles. The van der Waals surface area contributed by atoms with Gasteiger partial charge in [0.15, 0.2) is 5.82 Å². The number of carbonyl (C=O) groups is 1. The van der Waals surface area contributed by atoms with Gasteiger partial charge in [0.25, 0.3) is 5.91 Å². The highest BCUT2D eigenvalue weighted by atomic mass is 16.1. The molecule has 3 aromatic heterocycles. The number of aromatic nitrogens is 4. The van der Waals surface area contributed by atoms with Gasteiger partial charge in [0.2, 0.25) is 0 Å². The first-order valence-corrected chi connectivity index (χ1v) is 11.2. The van der Waals surface area contributed by atoms with Crippen LogP contribution in [0, 0.1) is 0 Å². The molecule has 1 amide bonds. The van der Waals surface area contributed by atoms with E-state index in [9.17, 15) is 4.79 Å². The Hall–Kier alpha value is -4.11. The summed E-state index contributed by atoms with van der Waals surface area (Å²) in [5.41, 5.74) is 3.30. The Morgan fingerprint density at radius 1 is 0.882 bits per heavy atom. The molecule has 0 bridgehead atoms. The number of likely N-dealkylation sites (N-methyl/N-ethyl adjacent to an activating group) is 1. The van der Waals surface area contributed by atoms with E-state index in [1.165, 1.54) is 0 Å². The lowest BCUT2D eigenvalue weighted by Gasteiger charge is -2.33. The van der Waals surface area contributed by atoms with Crippen molar-refractivity contribution in [2.75, 3.05) is 55.8 Å². The maximum atomic E-state index is 12.9. The molecule has 0 saturated carbocycles. The van der Waals surface area contributed by atoms with Gasteiger partial charge in [-0.3, -0.25) is 4.79 Å². The Morgan fingerprint density at radius 3 is 2.47 bits per heavy atom. The van der Waals surface area contributed by atoms with Crippen molar-refractivity contribution in [1.82, 2.24) is 25.1 Å². The van der Waals surface area contributed by atoms with E-state index in [1.54, 1.807) is 12.3 Å².